The maximum Gasteiger partial charge on any atom is 0.258 e. The number of nitrogens with one attached hydrogen (secondary N) is 1. The van der Waals surface area contributed by atoms with E-state index in [4.69, 9.17) is 9.47 Å². The number of hydrogen-bond donors (Lipinski definition) is 1. The second-order valence-corrected chi connectivity index (χ2v) is 4.26. The van der Waals surface area contributed by atoms with Gasteiger partial charge in [-0.25, -0.2) is 0 Å². The molecule has 0 spiro atoms. The lowest BCUT2D eigenvalue weighted by molar-refractivity contribution is -0.122. The van der Waals surface area contributed by atoms with E-state index >= 15 is 0 Å². The van der Waals surface area contributed by atoms with Crippen molar-refractivity contribution in [2.24, 2.45) is 0 Å². The van der Waals surface area contributed by atoms with E-state index in [2.05, 4.69) is 22.1 Å². The van der Waals surface area contributed by atoms with E-state index in [0.717, 1.165) is 5.56 Å². The largest absolute Gasteiger partial charge is 0.495 e. The number of amides is 1. The van der Waals surface area contributed by atoms with Crippen molar-refractivity contribution >= 4 is 5.91 Å². The van der Waals surface area contributed by atoms with Crippen molar-refractivity contribution in [1.29, 1.82) is 0 Å². The van der Waals surface area contributed by atoms with Crippen LogP contribution in [-0.4, -0.2) is 31.2 Å². The lowest BCUT2D eigenvalue weighted by atomic mass is 10.2. The minimum atomic E-state index is -0.238. The average Bonchev–Trinajstić information content (AvgIpc) is 2.58. The molecule has 1 amide bonds. The van der Waals surface area contributed by atoms with Gasteiger partial charge >= 0.3 is 0 Å². The zero-order valence-corrected chi connectivity index (χ0v) is 12.2. The summed E-state index contributed by atoms with van der Waals surface area (Å²) in [6.45, 7) is 0.176. The summed E-state index contributed by atoms with van der Waals surface area (Å²) < 4.78 is 10.5. The first-order chi connectivity index (χ1) is 10.8. The summed E-state index contributed by atoms with van der Waals surface area (Å²) in [5, 5.41) is 2.66. The van der Waals surface area contributed by atoms with Crippen LogP contribution in [0, 0.1) is 11.8 Å². The highest BCUT2D eigenvalue weighted by molar-refractivity contribution is 5.77. The van der Waals surface area contributed by atoms with Gasteiger partial charge in [-0.15, -0.1) is 0 Å². The van der Waals surface area contributed by atoms with E-state index in [0.29, 0.717) is 11.5 Å². The molecular weight excluding hydrogens is 280 g/mol. The number of methoxy groups -OCH3 is 1. The predicted octanol–water partition coefficient (Wildman–Crippen LogP) is 1.64. The van der Waals surface area contributed by atoms with E-state index in [-0.39, 0.29) is 19.1 Å². The van der Waals surface area contributed by atoms with Crippen molar-refractivity contribution in [2.75, 3.05) is 20.3 Å². The number of para-hydroxylation sites is 1. The first-order valence-electron chi connectivity index (χ1n) is 6.71. The second kappa shape index (κ2) is 8.32. The Balaban J connectivity index is 1.77. The molecule has 1 aromatic heterocycles. The van der Waals surface area contributed by atoms with Gasteiger partial charge in [0.05, 0.1) is 25.4 Å². The quantitative estimate of drug-likeness (QED) is 0.852. The molecule has 0 bridgehead atoms. The Morgan fingerprint density at radius 3 is 2.91 bits per heavy atom. The number of benzene rings is 1. The standard InChI is InChI=1S/C17H16N2O3/c1-21-16-9-3-2-6-14(16)7-4-11-19-17(20)13-22-15-8-5-10-18-12-15/h2-3,5-6,8-10,12H,11,13H2,1H3,(H,19,20). The van der Waals surface area contributed by atoms with Crippen molar-refractivity contribution in [2.45, 2.75) is 0 Å². The number of carbonyl (C=O) groups excluding carboxylic acids is 1. The van der Waals surface area contributed by atoms with Crippen LogP contribution in [0.1, 0.15) is 5.56 Å². The normalized spacial score (nSPS) is 9.32. The zero-order chi connectivity index (χ0) is 15.6. The monoisotopic (exact) mass is 296 g/mol. The van der Waals surface area contributed by atoms with Gasteiger partial charge in [0, 0.05) is 6.20 Å². The van der Waals surface area contributed by atoms with Gasteiger partial charge < -0.3 is 14.8 Å². The molecule has 2 rings (SSSR count). The maximum atomic E-state index is 11.6. The number of pyridine rings is 1. The van der Waals surface area contributed by atoms with Crippen LogP contribution in [0.4, 0.5) is 0 Å². The Kier molecular flexibility index (Phi) is 5.82. The molecule has 0 radical (unpaired) electrons. The molecule has 0 fully saturated rings. The minimum absolute atomic E-state index is 0.0674. The summed E-state index contributed by atoms with van der Waals surface area (Å²) in [5.74, 6) is 6.85. The van der Waals surface area contributed by atoms with Crippen molar-refractivity contribution in [3.05, 3.63) is 54.4 Å². The van der Waals surface area contributed by atoms with E-state index in [1.807, 2.05) is 24.3 Å². The minimum Gasteiger partial charge on any atom is -0.495 e. The van der Waals surface area contributed by atoms with Crippen molar-refractivity contribution < 1.29 is 14.3 Å². The fraction of sp³-hybridized carbons (Fsp3) is 0.176. The zero-order valence-electron chi connectivity index (χ0n) is 12.2. The Bertz CT molecular complexity index is 675. The molecule has 1 aromatic carbocycles. The SMILES string of the molecule is COc1ccccc1C#CCNC(=O)COc1cccnc1. The van der Waals surface area contributed by atoms with Gasteiger partial charge in [-0.1, -0.05) is 24.0 Å². The summed E-state index contributed by atoms with van der Waals surface area (Å²) >= 11 is 0. The molecule has 0 aliphatic heterocycles. The molecule has 5 nitrogen and oxygen atoms in total. The number of carbonyl (C=O) groups is 1. The molecule has 0 aliphatic carbocycles. The molecule has 0 saturated carbocycles. The van der Waals surface area contributed by atoms with Crippen LogP contribution in [0.15, 0.2) is 48.8 Å². The van der Waals surface area contributed by atoms with Gasteiger partial charge in [-0.2, -0.15) is 0 Å². The highest BCUT2D eigenvalue weighted by Crippen LogP contribution is 2.15. The Morgan fingerprint density at radius 1 is 1.27 bits per heavy atom. The third-order valence-corrected chi connectivity index (χ3v) is 2.71. The van der Waals surface area contributed by atoms with Crippen LogP contribution in [0.5, 0.6) is 11.5 Å². The summed E-state index contributed by atoms with van der Waals surface area (Å²) in [7, 11) is 1.60. The van der Waals surface area contributed by atoms with E-state index < -0.39 is 0 Å². The molecule has 0 saturated heterocycles. The number of aromatic nitrogens is 1. The first kappa shape index (κ1) is 15.4. The van der Waals surface area contributed by atoms with E-state index in [9.17, 15) is 4.79 Å². The molecule has 1 heterocycles. The van der Waals surface area contributed by atoms with Gasteiger partial charge in [0.15, 0.2) is 6.61 Å². The molecule has 5 heteroatoms. The molecular formula is C17H16N2O3. The lowest BCUT2D eigenvalue weighted by Gasteiger charge is -2.04. The topological polar surface area (TPSA) is 60.5 Å². The predicted molar refractivity (Wildman–Crippen MR) is 82.6 cm³/mol. The fourth-order valence-electron chi connectivity index (χ4n) is 1.66. The fourth-order valence-corrected chi connectivity index (χ4v) is 1.66. The van der Waals surface area contributed by atoms with Gasteiger partial charge in [-0.3, -0.25) is 9.78 Å². The van der Waals surface area contributed by atoms with Crippen LogP contribution >= 0.6 is 0 Å². The van der Waals surface area contributed by atoms with Crippen LogP contribution in [0.3, 0.4) is 0 Å². The maximum absolute atomic E-state index is 11.6. The smallest absolute Gasteiger partial charge is 0.258 e. The highest BCUT2D eigenvalue weighted by atomic mass is 16.5. The third-order valence-electron chi connectivity index (χ3n) is 2.71. The van der Waals surface area contributed by atoms with Crippen molar-refractivity contribution in [1.82, 2.24) is 10.3 Å². The molecule has 0 atom stereocenters. The van der Waals surface area contributed by atoms with Crippen LogP contribution in [0.25, 0.3) is 0 Å². The summed E-state index contributed by atoms with van der Waals surface area (Å²) in [6, 6.07) is 10.9. The molecule has 112 valence electrons. The average molecular weight is 296 g/mol. The summed E-state index contributed by atoms with van der Waals surface area (Å²) in [4.78, 5) is 15.5. The summed E-state index contributed by atoms with van der Waals surface area (Å²) in [5.41, 5.74) is 0.783. The van der Waals surface area contributed by atoms with E-state index in [1.165, 1.54) is 0 Å². The van der Waals surface area contributed by atoms with Gasteiger partial charge in [0.2, 0.25) is 0 Å². The van der Waals surface area contributed by atoms with Gasteiger partial charge in [0.25, 0.3) is 5.91 Å². The molecule has 2 aromatic rings. The van der Waals surface area contributed by atoms with Crippen LogP contribution in [0.2, 0.25) is 0 Å². The second-order valence-electron chi connectivity index (χ2n) is 4.26. The first-order valence-corrected chi connectivity index (χ1v) is 6.71. The molecule has 1 N–H and O–H groups in total. The summed E-state index contributed by atoms with van der Waals surface area (Å²) in [6.07, 6.45) is 3.19. The number of ether oxygens (including phenoxy) is 2. The van der Waals surface area contributed by atoms with Crippen LogP contribution < -0.4 is 14.8 Å². The van der Waals surface area contributed by atoms with Crippen molar-refractivity contribution in [3.63, 3.8) is 0 Å². The Hall–Kier alpha value is -3.00. The number of rotatable bonds is 5. The lowest BCUT2D eigenvalue weighted by Crippen LogP contribution is -2.29. The van der Waals surface area contributed by atoms with Gasteiger partial charge in [-0.05, 0) is 24.3 Å². The van der Waals surface area contributed by atoms with E-state index in [1.54, 1.807) is 31.6 Å². The van der Waals surface area contributed by atoms with Crippen molar-refractivity contribution in [3.8, 4) is 23.3 Å². The Morgan fingerprint density at radius 2 is 2.14 bits per heavy atom. The molecule has 0 unspecified atom stereocenters. The van der Waals surface area contributed by atoms with Gasteiger partial charge in [0.1, 0.15) is 11.5 Å². The number of hydrogen-bond acceptors (Lipinski definition) is 4. The highest BCUT2D eigenvalue weighted by Gasteiger charge is 2.01. The Labute approximate surface area is 129 Å². The third kappa shape index (κ3) is 4.84. The molecule has 0 aliphatic rings. The molecule has 22 heavy (non-hydrogen) atoms. The van der Waals surface area contributed by atoms with Crippen LogP contribution in [-0.2, 0) is 4.79 Å². The number of nitrogens with zero attached hydrogens (tertiary/aromatic N) is 1.